The van der Waals surface area contributed by atoms with Crippen LogP contribution in [0.25, 0.3) is 21.6 Å². The van der Waals surface area contributed by atoms with Crippen molar-refractivity contribution in [3.05, 3.63) is 59.7 Å². The van der Waals surface area contributed by atoms with Crippen LogP contribution in [0.15, 0.2) is 53.9 Å². The predicted molar refractivity (Wildman–Crippen MR) is 88.3 cm³/mol. The van der Waals surface area contributed by atoms with Crippen molar-refractivity contribution >= 4 is 11.3 Å². The Morgan fingerprint density at radius 3 is 2.45 bits per heavy atom. The first kappa shape index (κ1) is 14.6. The van der Waals surface area contributed by atoms with E-state index >= 15 is 0 Å². The fourth-order valence-electron chi connectivity index (χ4n) is 2.26. The molecule has 0 aliphatic rings. The molecule has 0 fully saturated rings. The fourth-order valence-corrected chi connectivity index (χ4v) is 3.18. The van der Waals surface area contributed by atoms with E-state index in [4.69, 9.17) is 9.47 Å². The van der Waals surface area contributed by atoms with Gasteiger partial charge in [0.05, 0.1) is 14.2 Å². The monoisotopic (exact) mass is 314 g/mol. The lowest BCUT2D eigenvalue weighted by Gasteiger charge is -2.04. The lowest BCUT2D eigenvalue weighted by molar-refractivity contribution is 0.386. The van der Waals surface area contributed by atoms with Gasteiger partial charge < -0.3 is 9.47 Å². The van der Waals surface area contributed by atoms with Crippen LogP contribution in [0, 0.1) is 5.82 Å². The van der Waals surface area contributed by atoms with E-state index in [0.29, 0.717) is 0 Å². The van der Waals surface area contributed by atoms with Crippen molar-refractivity contribution in [1.29, 1.82) is 0 Å². The summed E-state index contributed by atoms with van der Waals surface area (Å²) in [6.45, 7) is 0. The van der Waals surface area contributed by atoms with Gasteiger partial charge in [0.2, 0.25) is 0 Å². The molecule has 4 heteroatoms. The van der Waals surface area contributed by atoms with E-state index in [1.54, 1.807) is 24.5 Å². The third-order valence-electron chi connectivity index (χ3n) is 3.44. The molecule has 0 radical (unpaired) electrons. The number of hydrogen-bond donors (Lipinski definition) is 0. The van der Waals surface area contributed by atoms with Crippen LogP contribution in [0.5, 0.6) is 11.5 Å². The zero-order valence-electron chi connectivity index (χ0n) is 12.3. The minimum Gasteiger partial charge on any atom is -0.497 e. The number of ether oxygens (including phenoxy) is 2. The van der Waals surface area contributed by atoms with Crippen LogP contribution in [0.3, 0.4) is 0 Å². The first-order valence-corrected chi connectivity index (χ1v) is 7.66. The Morgan fingerprint density at radius 1 is 0.864 bits per heavy atom. The zero-order valence-corrected chi connectivity index (χ0v) is 13.1. The number of hydrogen-bond acceptors (Lipinski definition) is 3. The second kappa shape index (κ2) is 6.20. The molecule has 0 aliphatic carbocycles. The van der Waals surface area contributed by atoms with Gasteiger partial charge in [0.15, 0.2) is 11.6 Å². The number of thiophene rings is 1. The van der Waals surface area contributed by atoms with E-state index in [-0.39, 0.29) is 11.6 Å². The van der Waals surface area contributed by atoms with Crippen LogP contribution in [0.1, 0.15) is 0 Å². The molecule has 0 unspecified atom stereocenters. The molecule has 0 aliphatic heterocycles. The molecule has 0 amide bonds. The Kier molecular flexibility index (Phi) is 4.11. The number of halogens is 1. The first-order valence-electron chi connectivity index (χ1n) is 6.78. The molecule has 2 nitrogen and oxygen atoms in total. The summed E-state index contributed by atoms with van der Waals surface area (Å²) in [6.07, 6.45) is 0. The molecule has 2 aromatic carbocycles. The summed E-state index contributed by atoms with van der Waals surface area (Å²) in [5.41, 5.74) is 2.91. The largest absolute Gasteiger partial charge is 0.497 e. The molecule has 0 spiro atoms. The van der Waals surface area contributed by atoms with Gasteiger partial charge in [-0.2, -0.15) is 0 Å². The van der Waals surface area contributed by atoms with Crippen LogP contribution >= 0.6 is 11.3 Å². The highest BCUT2D eigenvalue weighted by atomic mass is 32.1. The minimum atomic E-state index is -0.353. The summed E-state index contributed by atoms with van der Waals surface area (Å²) in [7, 11) is 3.11. The number of rotatable bonds is 4. The molecular formula is C18H15FO2S. The van der Waals surface area contributed by atoms with Crippen molar-refractivity contribution in [2.24, 2.45) is 0 Å². The maximum Gasteiger partial charge on any atom is 0.165 e. The van der Waals surface area contributed by atoms with Crippen molar-refractivity contribution in [3.8, 4) is 33.1 Å². The highest BCUT2D eigenvalue weighted by Crippen LogP contribution is 2.35. The zero-order chi connectivity index (χ0) is 15.5. The van der Waals surface area contributed by atoms with Crippen LogP contribution in [0.4, 0.5) is 4.39 Å². The third kappa shape index (κ3) is 2.83. The van der Waals surface area contributed by atoms with E-state index in [0.717, 1.165) is 27.3 Å². The van der Waals surface area contributed by atoms with Gasteiger partial charge in [-0.15, -0.1) is 11.3 Å². The molecule has 3 aromatic rings. The highest BCUT2D eigenvalue weighted by Gasteiger charge is 2.09. The molecule has 1 heterocycles. The topological polar surface area (TPSA) is 18.5 Å². The second-order valence-corrected chi connectivity index (χ2v) is 5.69. The molecule has 22 heavy (non-hydrogen) atoms. The van der Waals surface area contributed by atoms with Crippen molar-refractivity contribution in [2.75, 3.05) is 14.2 Å². The van der Waals surface area contributed by atoms with Crippen molar-refractivity contribution in [1.82, 2.24) is 0 Å². The molecule has 0 atom stereocenters. The van der Waals surface area contributed by atoms with Crippen molar-refractivity contribution in [3.63, 3.8) is 0 Å². The summed E-state index contributed by atoms with van der Waals surface area (Å²) >= 11 is 1.62. The van der Waals surface area contributed by atoms with Gasteiger partial charge in [0.25, 0.3) is 0 Å². The molecule has 0 saturated heterocycles. The minimum absolute atomic E-state index is 0.256. The fraction of sp³-hybridized carbons (Fsp3) is 0.111. The molecule has 0 saturated carbocycles. The Bertz CT molecular complexity index is 795. The van der Waals surface area contributed by atoms with Gasteiger partial charge in [0, 0.05) is 4.88 Å². The number of methoxy groups -OCH3 is 2. The van der Waals surface area contributed by atoms with Gasteiger partial charge in [-0.05, 0) is 52.4 Å². The summed E-state index contributed by atoms with van der Waals surface area (Å²) in [4.78, 5) is 1.12. The summed E-state index contributed by atoms with van der Waals surface area (Å²) in [6, 6.07) is 15.0. The molecule has 1 aromatic heterocycles. The van der Waals surface area contributed by atoms with Crippen molar-refractivity contribution < 1.29 is 13.9 Å². The smallest absolute Gasteiger partial charge is 0.165 e. The van der Waals surface area contributed by atoms with Crippen LogP contribution in [-0.4, -0.2) is 14.2 Å². The Labute approximate surface area is 132 Å². The van der Waals surface area contributed by atoms with E-state index in [9.17, 15) is 4.39 Å². The van der Waals surface area contributed by atoms with Gasteiger partial charge in [-0.3, -0.25) is 0 Å². The Balaban J connectivity index is 1.94. The third-order valence-corrected chi connectivity index (χ3v) is 4.42. The standard InChI is InChI=1S/C18H15FO2S/c1-20-15-5-3-4-13(8-15)18-10-14(11-22-18)12-6-7-17(21-2)16(19)9-12/h3-11H,1-2H3. The molecule has 3 rings (SSSR count). The lowest BCUT2D eigenvalue weighted by Crippen LogP contribution is -1.87. The maximum absolute atomic E-state index is 13.8. The van der Waals surface area contributed by atoms with E-state index in [1.807, 2.05) is 35.7 Å². The average molecular weight is 314 g/mol. The summed E-state index contributed by atoms with van der Waals surface area (Å²) in [5, 5.41) is 2.02. The molecule has 112 valence electrons. The summed E-state index contributed by atoms with van der Waals surface area (Å²) in [5.74, 6) is 0.726. The van der Waals surface area contributed by atoms with E-state index < -0.39 is 0 Å². The summed E-state index contributed by atoms with van der Waals surface area (Å²) < 4.78 is 24.0. The lowest BCUT2D eigenvalue weighted by atomic mass is 10.1. The normalized spacial score (nSPS) is 10.5. The average Bonchev–Trinajstić information content (AvgIpc) is 3.05. The maximum atomic E-state index is 13.8. The highest BCUT2D eigenvalue weighted by molar-refractivity contribution is 7.14. The van der Waals surface area contributed by atoms with Crippen LogP contribution < -0.4 is 9.47 Å². The van der Waals surface area contributed by atoms with Gasteiger partial charge in [-0.1, -0.05) is 18.2 Å². The SMILES string of the molecule is COc1cccc(-c2cc(-c3ccc(OC)c(F)c3)cs2)c1. The van der Waals surface area contributed by atoms with Gasteiger partial charge >= 0.3 is 0 Å². The molecule has 0 bridgehead atoms. The Hall–Kier alpha value is -2.33. The van der Waals surface area contributed by atoms with Crippen LogP contribution in [0.2, 0.25) is 0 Å². The van der Waals surface area contributed by atoms with Crippen LogP contribution in [-0.2, 0) is 0 Å². The van der Waals surface area contributed by atoms with Crippen molar-refractivity contribution in [2.45, 2.75) is 0 Å². The van der Waals surface area contributed by atoms with Gasteiger partial charge in [-0.25, -0.2) is 4.39 Å². The number of benzene rings is 2. The van der Waals surface area contributed by atoms with E-state index in [1.165, 1.54) is 13.2 Å². The Morgan fingerprint density at radius 2 is 1.73 bits per heavy atom. The molecular weight excluding hydrogens is 299 g/mol. The first-order chi connectivity index (χ1) is 10.7. The quantitative estimate of drug-likeness (QED) is 0.656. The second-order valence-electron chi connectivity index (χ2n) is 4.78. The van der Waals surface area contributed by atoms with E-state index in [2.05, 4.69) is 6.07 Å². The predicted octanol–water partition coefficient (Wildman–Crippen LogP) is 5.24. The van der Waals surface area contributed by atoms with Gasteiger partial charge in [0.1, 0.15) is 5.75 Å². The molecule has 0 N–H and O–H groups in total.